The first-order chi connectivity index (χ1) is 6.61. The Morgan fingerprint density at radius 2 is 1.86 bits per heavy atom. The molecule has 1 unspecified atom stereocenters. The Hall–Kier alpha value is -0.440. The van der Waals surface area contributed by atoms with Gasteiger partial charge in [-0.1, -0.05) is 25.4 Å². The highest BCUT2D eigenvalue weighted by Gasteiger charge is 2.21. The lowest BCUT2D eigenvalue weighted by atomic mass is 10.1. The lowest BCUT2D eigenvalue weighted by Gasteiger charge is -2.27. The molecular weight excluding hydrogens is 202 g/mol. The number of rotatable bonds is 2. The second-order valence-electron chi connectivity index (χ2n) is 4.03. The Bertz CT molecular complexity index is 191. The third-order valence-corrected chi connectivity index (χ3v) is 2.94. The van der Waals surface area contributed by atoms with Crippen molar-refractivity contribution in [2.45, 2.75) is 38.7 Å². The van der Waals surface area contributed by atoms with E-state index in [4.69, 9.17) is 16.3 Å². The van der Waals surface area contributed by atoms with Crippen LogP contribution in [0.15, 0.2) is 0 Å². The Morgan fingerprint density at radius 1 is 1.29 bits per heavy atom. The maximum Gasteiger partial charge on any atom is 0.411 e. The van der Waals surface area contributed by atoms with Crippen LogP contribution in [0, 0.1) is 5.92 Å². The minimum absolute atomic E-state index is 0.158. The second-order valence-corrected chi connectivity index (χ2v) is 4.46. The van der Waals surface area contributed by atoms with Crippen LogP contribution in [0.4, 0.5) is 4.79 Å². The van der Waals surface area contributed by atoms with Gasteiger partial charge in [-0.05, 0) is 19.3 Å². The predicted molar refractivity (Wildman–Crippen MR) is 56.4 cm³/mol. The molecule has 1 fully saturated rings. The van der Waals surface area contributed by atoms with Crippen LogP contribution in [0.3, 0.4) is 0 Å². The summed E-state index contributed by atoms with van der Waals surface area (Å²) in [5.74, 6) is 0.158. The van der Waals surface area contributed by atoms with Crippen LogP contribution in [0.1, 0.15) is 33.1 Å². The average molecular weight is 220 g/mol. The number of ether oxygens (including phenoxy) is 1. The second kappa shape index (κ2) is 5.44. The molecule has 0 aromatic carbocycles. The number of carbonyl (C=O) groups excluding carboxylic acids is 1. The molecule has 0 aliphatic carbocycles. The van der Waals surface area contributed by atoms with E-state index < -0.39 is 5.56 Å². The molecule has 1 atom stereocenters. The van der Waals surface area contributed by atoms with E-state index in [1.54, 1.807) is 4.90 Å². The van der Waals surface area contributed by atoms with Crippen molar-refractivity contribution in [2.75, 3.05) is 13.1 Å². The standard InChI is InChI=1S/C10H18ClNO2/c1-8(2)9(11)14-10(13)12-6-4-3-5-7-12/h8-9H,3-7H2,1-2H3. The summed E-state index contributed by atoms with van der Waals surface area (Å²) in [4.78, 5) is 13.3. The molecule has 0 N–H and O–H groups in total. The molecule has 4 heteroatoms. The van der Waals surface area contributed by atoms with Crippen molar-refractivity contribution in [1.29, 1.82) is 0 Å². The van der Waals surface area contributed by atoms with E-state index in [9.17, 15) is 4.79 Å². The van der Waals surface area contributed by atoms with Gasteiger partial charge in [0, 0.05) is 19.0 Å². The van der Waals surface area contributed by atoms with Crippen LogP contribution in [0.5, 0.6) is 0 Å². The summed E-state index contributed by atoms with van der Waals surface area (Å²) in [7, 11) is 0. The zero-order valence-electron chi connectivity index (χ0n) is 8.83. The first-order valence-corrected chi connectivity index (χ1v) is 5.64. The van der Waals surface area contributed by atoms with Crippen LogP contribution in [0.25, 0.3) is 0 Å². The maximum atomic E-state index is 11.5. The van der Waals surface area contributed by atoms with E-state index in [0.717, 1.165) is 25.9 Å². The highest BCUT2D eigenvalue weighted by molar-refractivity contribution is 6.20. The van der Waals surface area contributed by atoms with Crippen molar-refractivity contribution in [3.05, 3.63) is 0 Å². The van der Waals surface area contributed by atoms with Gasteiger partial charge in [0.15, 0.2) is 5.56 Å². The number of carbonyl (C=O) groups is 1. The predicted octanol–water partition coefficient (Wildman–Crippen LogP) is 2.83. The molecule has 1 heterocycles. The highest BCUT2D eigenvalue weighted by Crippen LogP contribution is 2.15. The Kier molecular flexibility index (Phi) is 4.52. The van der Waals surface area contributed by atoms with Gasteiger partial charge in [-0.2, -0.15) is 0 Å². The van der Waals surface area contributed by atoms with E-state index in [2.05, 4.69) is 0 Å². The van der Waals surface area contributed by atoms with Gasteiger partial charge >= 0.3 is 6.09 Å². The number of nitrogens with zero attached hydrogens (tertiary/aromatic N) is 1. The first kappa shape index (κ1) is 11.6. The number of hydrogen-bond donors (Lipinski definition) is 0. The zero-order valence-corrected chi connectivity index (χ0v) is 9.59. The number of amides is 1. The van der Waals surface area contributed by atoms with Gasteiger partial charge < -0.3 is 9.64 Å². The number of likely N-dealkylation sites (tertiary alicyclic amines) is 1. The van der Waals surface area contributed by atoms with Gasteiger partial charge in [0.05, 0.1) is 0 Å². The molecule has 0 aromatic heterocycles. The van der Waals surface area contributed by atoms with Crippen molar-refractivity contribution in [2.24, 2.45) is 5.92 Å². The van der Waals surface area contributed by atoms with E-state index in [-0.39, 0.29) is 12.0 Å². The summed E-state index contributed by atoms with van der Waals surface area (Å²) in [5.41, 5.74) is -0.510. The highest BCUT2D eigenvalue weighted by atomic mass is 35.5. The van der Waals surface area contributed by atoms with E-state index in [0.29, 0.717) is 0 Å². The lowest BCUT2D eigenvalue weighted by molar-refractivity contribution is 0.0709. The van der Waals surface area contributed by atoms with E-state index >= 15 is 0 Å². The number of piperidine rings is 1. The van der Waals surface area contributed by atoms with Gasteiger partial charge in [-0.3, -0.25) is 0 Å². The molecular formula is C10H18ClNO2. The summed E-state index contributed by atoms with van der Waals surface area (Å²) < 4.78 is 5.10. The Balaban J connectivity index is 2.33. The third-order valence-electron chi connectivity index (χ3n) is 2.35. The minimum atomic E-state index is -0.510. The molecule has 0 radical (unpaired) electrons. The number of halogens is 1. The molecule has 82 valence electrons. The monoisotopic (exact) mass is 219 g/mol. The fraction of sp³-hybridized carbons (Fsp3) is 0.900. The smallest absolute Gasteiger partial charge is 0.411 e. The SMILES string of the molecule is CC(C)C(Cl)OC(=O)N1CCCCC1. The van der Waals surface area contributed by atoms with Crippen LogP contribution in [-0.4, -0.2) is 29.6 Å². The molecule has 0 spiro atoms. The van der Waals surface area contributed by atoms with Gasteiger partial charge in [0.2, 0.25) is 0 Å². The first-order valence-electron chi connectivity index (χ1n) is 5.21. The molecule has 1 rings (SSSR count). The summed E-state index contributed by atoms with van der Waals surface area (Å²) >= 11 is 5.86. The molecule has 1 aliphatic heterocycles. The van der Waals surface area contributed by atoms with Gasteiger partial charge in [-0.15, -0.1) is 0 Å². The largest absolute Gasteiger partial charge is 0.429 e. The molecule has 1 aliphatic rings. The number of hydrogen-bond acceptors (Lipinski definition) is 2. The molecule has 0 saturated carbocycles. The number of alkyl halides is 1. The van der Waals surface area contributed by atoms with Crippen molar-refractivity contribution < 1.29 is 9.53 Å². The summed E-state index contributed by atoms with van der Waals surface area (Å²) in [6, 6.07) is 0. The molecule has 0 aromatic rings. The topological polar surface area (TPSA) is 29.5 Å². The molecule has 1 amide bonds. The van der Waals surface area contributed by atoms with Crippen molar-refractivity contribution >= 4 is 17.7 Å². The molecule has 14 heavy (non-hydrogen) atoms. The van der Waals surface area contributed by atoms with Crippen LogP contribution < -0.4 is 0 Å². The normalized spacial score (nSPS) is 19.6. The van der Waals surface area contributed by atoms with Crippen molar-refractivity contribution in [3.63, 3.8) is 0 Å². The van der Waals surface area contributed by atoms with Crippen LogP contribution in [-0.2, 0) is 4.74 Å². The Labute approximate surface area is 90.4 Å². The summed E-state index contributed by atoms with van der Waals surface area (Å²) in [6.07, 6.45) is 3.09. The quantitative estimate of drug-likeness (QED) is 0.669. The lowest BCUT2D eigenvalue weighted by Crippen LogP contribution is -2.37. The summed E-state index contributed by atoms with van der Waals surface area (Å²) in [5, 5.41) is 0. The van der Waals surface area contributed by atoms with Gasteiger partial charge in [0.1, 0.15) is 0 Å². The van der Waals surface area contributed by atoms with Gasteiger partial charge in [0.25, 0.3) is 0 Å². The zero-order chi connectivity index (χ0) is 10.6. The fourth-order valence-electron chi connectivity index (χ4n) is 1.38. The third kappa shape index (κ3) is 3.37. The molecule has 3 nitrogen and oxygen atoms in total. The molecule has 1 saturated heterocycles. The summed E-state index contributed by atoms with van der Waals surface area (Å²) in [6.45, 7) is 5.48. The fourth-order valence-corrected chi connectivity index (χ4v) is 1.46. The average Bonchev–Trinajstić information content (AvgIpc) is 2.19. The van der Waals surface area contributed by atoms with Crippen LogP contribution >= 0.6 is 11.6 Å². The van der Waals surface area contributed by atoms with E-state index in [1.807, 2.05) is 13.8 Å². The van der Waals surface area contributed by atoms with Crippen molar-refractivity contribution in [1.82, 2.24) is 4.90 Å². The van der Waals surface area contributed by atoms with E-state index in [1.165, 1.54) is 6.42 Å². The van der Waals surface area contributed by atoms with Crippen molar-refractivity contribution in [3.8, 4) is 0 Å². The Morgan fingerprint density at radius 3 is 2.36 bits per heavy atom. The van der Waals surface area contributed by atoms with Crippen LogP contribution in [0.2, 0.25) is 0 Å². The van der Waals surface area contributed by atoms with Gasteiger partial charge in [-0.25, -0.2) is 4.79 Å². The minimum Gasteiger partial charge on any atom is -0.429 e. The maximum absolute atomic E-state index is 11.5. The molecule has 0 bridgehead atoms.